The van der Waals surface area contributed by atoms with Gasteiger partial charge in [0.2, 0.25) is 0 Å². The number of benzene rings is 2. The summed E-state index contributed by atoms with van der Waals surface area (Å²) >= 11 is 0. The van der Waals surface area contributed by atoms with Gasteiger partial charge in [0.25, 0.3) is 0 Å². The van der Waals surface area contributed by atoms with Crippen molar-refractivity contribution >= 4 is 17.0 Å². The van der Waals surface area contributed by atoms with E-state index in [4.69, 9.17) is 4.74 Å². The maximum atomic E-state index is 12.3. The Morgan fingerprint density at radius 1 is 1.28 bits per heavy atom. The molecule has 0 radical (unpaired) electrons. The smallest absolute Gasteiger partial charge is 0.311 e. The number of hydrogen-bond donors (Lipinski definition) is 1. The highest BCUT2D eigenvalue weighted by atomic mass is 16.5. The number of methoxy groups -OCH3 is 1. The van der Waals surface area contributed by atoms with Gasteiger partial charge in [-0.1, -0.05) is 29.5 Å². The Bertz CT molecular complexity index is 1080. The molecular formula is C23H27N3O3. The first-order valence-electron chi connectivity index (χ1n) is 9.99. The average molecular weight is 393 g/mol. The summed E-state index contributed by atoms with van der Waals surface area (Å²) in [6, 6.07) is 10.3. The van der Waals surface area contributed by atoms with Gasteiger partial charge in [-0.2, -0.15) is 0 Å². The van der Waals surface area contributed by atoms with Gasteiger partial charge in [-0.3, -0.25) is 4.79 Å². The quantitative estimate of drug-likeness (QED) is 0.673. The summed E-state index contributed by atoms with van der Waals surface area (Å²) < 4.78 is 6.78. The van der Waals surface area contributed by atoms with Gasteiger partial charge in [-0.25, -0.2) is 4.68 Å². The fourth-order valence-electron chi connectivity index (χ4n) is 4.47. The molecule has 3 aromatic rings. The van der Waals surface area contributed by atoms with Crippen LogP contribution >= 0.6 is 0 Å². The van der Waals surface area contributed by atoms with Crippen LogP contribution in [0.3, 0.4) is 0 Å². The zero-order valence-electron chi connectivity index (χ0n) is 17.4. The summed E-state index contributed by atoms with van der Waals surface area (Å²) in [6.45, 7) is 3.80. The van der Waals surface area contributed by atoms with E-state index < -0.39 is 11.5 Å². The molecule has 0 amide bonds. The van der Waals surface area contributed by atoms with Crippen LogP contribution in [0.25, 0.3) is 11.0 Å². The molecule has 152 valence electrons. The van der Waals surface area contributed by atoms with Crippen LogP contribution in [0.5, 0.6) is 0 Å². The van der Waals surface area contributed by atoms with Gasteiger partial charge in [0.15, 0.2) is 0 Å². The van der Waals surface area contributed by atoms with Gasteiger partial charge in [0.1, 0.15) is 5.52 Å². The lowest BCUT2D eigenvalue weighted by Crippen LogP contribution is -2.28. The molecule has 2 aromatic carbocycles. The molecule has 1 N–H and O–H groups in total. The first-order valence-corrected chi connectivity index (χ1v) is 9.99. The van der Waals surface area contributed by atoms with E-state index >= 15 is 0 Å². The largest absolute Gasteiger partial charge is 0.469 e. The number of aliphatic hydroxyl groups is 1. The normalized spacial score (nSPS) is 16.2. The third kappa shape index (κ3) is 3.42. The maximum absolute atomic E-state index is 12.3. The molecule has 6 nitrogen and oxygen atoms in total. The number of fused-ring (bicyclic) bond motifs is 2. The fraction of sp³-hybridized carbons (Fsp3) is 0.435. The van der Waals surface area contributed by atoms with Crippen molar-refractivity contribution in [2.24, 2.45) is 12.5 Å². The van der Waals surface area contributed by atoms with Crippen molar-refractivity contribution in [1.82, 2.24) is 15.0 Å². The van der Waals surface area contributed by atoms with Crippen molar-refractivity contribution in [1.29, 1.82) is 0 Å². The topological polar surface area (TPSA) is 77.2 Å². The molecule has 1 unspecified atom stereocenters. The fourth-order valence-corrected chi connectivity index (χ4v) is 4.47. The number of hydrogen-bond acceptors (Lipinski definition) is 5. The van der Waals surface area contributed by atoms with Crippen molar-refractivity contribution < 1.29 is 14.6 Å². The maximum Gasteiger partial charge on any atom is 0.311 e. The van der Waals surface area contributed by atoms with Gasteiger partial charge >= 0.3 is 5.97 Å². The van der Waals surface area contributed by atoms with Crippen molar-refractivity contribution in [2.75, 3.05) is 7.11 Å². The van der Waals surface area contributed by atoms with Crippen LogP contribution in [-0.4, -0.2) is 33.2 Å². The number of nitrogens with zero attached hydrogens (tertiary/aromatic N) is 3. The number of aliphatic hydroxyl groups excluding tert-OH is 1. The van der Waals surface area contributed by atoms with Crippen molar-refractivity contribution in [3.05, 3.63) is 58.1 Å². The highest BCUT2D eigenvalue weighted by molar-refractivity contribution is 5.79. The van der Waals surface area contributed by atoms with Gasteiger partial charge < -0.3 is 9.84 Å². The third-order valence-corrected chi connectivity index (χ3v) is 6.03. The van der Waals surface area contributed by atoms with Crippen molar-refractivity contribution in [2.45, 2.75) is 45.6 Å². The van der Waals surface area contributed by atoms with Crippen LogP contribution in [0.4, 0.5) is 0 Å². The summed E-state index contributed by atoms with van der Waals surface area (Å²) in [5, 5.41) is 19.2. The summed E-state index contributed by atoms with van der Waals surface area (Å²) in [4.78, 5) is 12.3. The van der Waals surface area contributed by atoms with E-state index in [1.54, 1.807) is 4.68 Å². The predicted octanol–water partition coefficient (Wildman–Crippen LogP) is 3.28. The lowest BCUT2D eigenvalue weighted by molar-refractivity contribution is -0.150. The third-order valence-electron chi connectivity index (χ3n) is 6.03. The van der Waals surface area contributed by atoms with E-state index in [9.17, 15) is 9.90 Å². The number of aromatic nitrogens is 3. The predicted molar refractivity (Wildman–Crippen MR) is 111 cm³/mol. The number of ether oxygens (including phenoxy) is 1. The first kappa shape index (κ1) is 19.6. The number of carbonyl (C=O) groups excluding carboxylic acids is 1. The van der Waals surface area contributed by atoms with E-state index in [0.717, 1.165) is 46.1 Å². The molecule has 1 atom stereocenters. The minimum Gasteiger partial charge on any atom is -0.469 e. The first-order chi connectivity index (χ1) is 13.8. The van der Waals surface area contributed by atoms with Crippen LogP contribution in [0.2, 0.25) is 0 Å². The van der Waals surface area contributed by atoms with E-state index in [2.05, 4.69) is 28.5 Å². The Balaban J connectivity index is 1.82. The van der Waals surface area contributed by atoms with Crippen LogP contribution in [0.15, 0.2) is 30.3 Å². The van der Waals surface area contributed by atoms with Gasteiger partial charge in [-0.15, -0.1) is 5.10 Å². The van der Waals surface area contributed by atoms with Gasteiger partial charge in [0, 0.05) is 13.5 Å². The Hall–Kier alpha value is -2.73. The molecule has 1 aliphatic rings. The molecule has 1 heterocycles. The molecule has 0 fully saturated rings. The number of carbonyl (C=O) groups is 1. The SMILES string of the molecule is COC(=O)C(C)(C)Cc1ccc2c(c1Cc1cccc3c1nnn3C)C(O)CC2. The summed E-state index contributed by atoms with van der Waals surface area (Å²) in [5.74, 6) is -0.236. The Kier molecular flexibility index (Phi) is 4.90. The Morgan fingerprint density at radius 3 is 2.83 bits per heavy atom. The van der Waals surface area contributed by atoms with Crippen LogP contribution in [-0.2, 0) is 35.8 Å². The Morgan fingerprint density at radius 2 is 2.07 bits per heavy atom. The minimum atomic E-state index is -0.653. The van der Waals surface area contributed by atoms with Crippen molar-refractivity contribution in [3.8, 4) is 0 Å². The van der Waals surface area contributed by atoms with Gasteiger partial charge in [-0.05, 0) is 67.0 Å². The van der Waals surface area contributed by atoms with E-state index in [0.29, 0.717) is 12.8 Å². The number of esters is 1. The summed E-state index contributed by atoms with van der Waals surface area (Å²) in [6.07, 6.45) is 2.33. The van der Waals surface area contributed by atoms with Crippen LogP contribution in [0, 0.1) is 5.41 Å². The molecule has 0 saturated heterocycles. The van der Waals surface area contributed by atoms with Crippen LogP contribution in [0.1, 0.15) is 54.2 Å². The second kappa shape index (κ2) is 7.26. The Labute approximate surface area is 170 Å². The van der Waals surface area contributed by atoms with Crippen molar-refractivity contribution in [3.63, 3.8) is 0 Å². The van der Waals surface area contributed by atoms with Gasteiger partial charge in [0.05, 0.1) is 24.1 Å². The molecule has 1 aromatic heterocycles. The van der Waals surface area contributed by atoms with E-state index in [-0.39, 0.29) is 5.97 Å². The second-order valence-electron chi connectivity index (χ2n) is 8.56. The molecule has 4 rings (SSSR count). The highest BCUT2D eigenvalue weighted by Crippen LogP contribution is 2.39. The zero-order chi connectivity index (χ0) is 20.8. The van der Waals surface area contributed by atoms with E-state index in [1.807, 2.05) is 33.0 Å². The molecule has 1 aliphatic carbocycles. The van der Waals surface area contributed by atoms with E-state index in [1.165, 1.54) is 12.7 Å². The highest BCUT2D eigenvalue weighted by Gasteiger charge is 2.32. The summed E-state index contributed by atoms with van der Waals surface area (Å²) in [7, 11) is 3.31. The number of aryl methyl sites for hydroxylation is 2. The molecule has 0 spiro atoms. The molecule has 29 heavy (non-hydrogen) atoms. The molecule has 6 heteroatoms. The minimum absolute atomic E-state index is 0.236. The van der Waals surface area contributed by atoms with Crippen LogP contribution < -0.4 is 0 Å². The molecule has 0 aliphatic heterocycles. The molecule has 0 saturated carbocycles. The second-order valence-corrected chi connectivity index (χ2v) is 8.56. The lowest BCUT2D eigenvalue weighted by atomic mass is 9.81. The number of rotatable bonds is 5. The molecular weight excluding hydrogens is 366 g/mol. The summed E-state index contributed by atoms with van der Waals surface area (Å²) in [5.41, 5.74) is 6.65. The molecule has 0 bridgehead atoms. The zero-order valence-corrected chi connectivity index (χ0v) is 17.4. The standard InChI is InChI=1S/C23H27N3O3/c1-23(2,22(28)29-4)13-16-9-8-14-10-11-19(27)20(14)17(16)12-15-6-5-7-18-21(15)24-25-26(18)3/h5-9,19,27H,10-13H2,1-4H3. The average Bonchev–Trinajstić information content (AvgIpc) is 3.26. The monoisotopic (exact) mass is 393 g/mol. The lowest BCUT2D eigenvalue weighted by Gasteiger charge is -2.25.